The highest BCUT2D eigenvalue weighted by Gasteiger charge is 2.38. The summed E-state index contributed by atoms with van der Waals surface area (Å²) in [6.45, 7) is 4.53. The van der Waals surface area contributed by atoms with Gasteiger partial charge in [0.15, 0.2) is 0 Å². The fourth-order valence-electron chi connectivity index (χ4n) is 1.69. The van der Waals surface area contributed by atoms with Crippen LogP contribution in [-0.2, 0) is 0 Å². The Labute approximate surface area is 73.8 Å². The average molecular weight is 161 g/mol. The van der Waals surface area contributed by atoms with Gasteiger partial charge in [0.1, 0.15) is 0 Å². The summed E-state index contributed by atoms with van der Waals surface area (Å²) < 4.78 is 0. The zero-order valence-electron chi connectivity index (χ0n) is 7.62. The van der Waals surface area contributed by atoms with Crippen LogP contribution in [0, 0.1) is 5.92 Å². The second-order valence-corrected chi connectivity index (χ2v) is 3.82. The Morgan fingerprint density at radius 1 is 1.17 bits per heavy atom. The minimum atomic E-state index is 0.617. The van der Waals surface area contributed by atoms with Crippen LogP contribution in [-0.4, -0.2) is 6.04 Å². The van der Waals surface area contributed by atoms with E-state index in [1.165, 1.54) is 5.56 Å². The lowest BCUT2D eigenvalue weighted by molar-refractivity contribution is 0.619. The molecule has 0 amide bonds. The molecule has 12 heavy (non-hydrogen) atoms. The van der Waals surface area contributed by atoms with E-state index in [1.54, 1.807) is 0 Å². The van der Waals surface area contributed by atoms with Gasteiger partial charge in [-0.15, -0.1) is 0 Å². The van der Waals surface area contributed by atoms with Crippen LogP contribution in [0.15, 0.2) is 30.3 Å². The first kappa shape index (κ1) is 7.81. The molecule has 1 aromatic rings. The number of nitrogens with one attached hydrogen (secondary N) is 1. The summed E-state index contributed by atoms with van der Waals surface area (Å²) in [7, 11) is 0. The van der Waals surface area contributed by atoms with Crippen LogP contribution in [0.3, 0.4) is 0 Å². The van der Waals surface area contributed by atoms with Crippen LogP contribution in [0.1, 0.15) is 25.5 Å². The van der Waals surface area contributed by atoms with Gasteiger partial charge in [-0.1, -0.05) is 44.2 Å². The highest BCUT2D eigenvalue weighted by atomic mass is 15.2. The first-order valence-corrected chi connectivity index (χ1v) is 4.60. The third-order valence-corrected chi connectivity index (χ3v) is 2.50. The highest BCUT2D eigenvalue weighted by molar-refractivity contribution is 5.26. The van der Waals surface area contributed by atoms with Crippen molar-refractivity contribution in [2.24, 2.45) is 5.92 Å². The van der Waals surface area contributed by atoms with Crippen molar-refractivity contribution in [2.75, 3.05) is 0 Å². The summed E-state index contributed by atoms with van der Waals surface area (Å²) in [5, 5.41) is 3.48. The lowest BCUT2D eigenvalue weighted by atomic mass is 10.0. The number of hydrogen-bond acceptors (Lipinski definition) is 1. The molecule has 0 aliphatic carbocycles. The lowest BCUT2D eigenvalue weighted by Crippen LogP contribution is -2.00. The summed E-state index contributed by atoms with van der Waals surface area (Å²) in [6, 6.07) is 12.0. The zero-order valence-corrected chi connectivity index (χ0v) is 7.62. The molecule has 1 heteroatoms. The minimum absolute atomic E-state index is 0.617. The molecular weight excluding hydrogens is 146 g/mol. The Morgan fingerprint density at radius 2 is 1.83 bits per heavy atom. The SMILES string of the molecule is CC(C)C1NC1c1ccccc1. The predicted octanol–water partition coefficient (Wildman–Crippen LogP) is 2.36. The van der Waals surface area contributed by atoms with Gasteiger partial charge < -0.3 is 5.32 Å². The standard InChI is InChI=1S/C11H15N/c1-8(2)10-11(12-10)9-6-4-3-5-7-9/h3-8,10-12H,1-2H3. The Bertz CT molecular complexity index is 253. The number of benzene rings is 1. The van der Waals surface area contributed by atoms with E-state index < -0.39 is 0 Å². The van der Waals surface area contributed by atoms with E-state index >= 15 is 0 Å². The largest absolute Gasteiger partial charge is 0.304 e. The molecule has 1 nitrogen and oxygen atoms in total. The molecular formula is C11H15N. The Kier molecular flexibility index (Phi) is 1.89. The van der Waals surface area contributed by atoms with Gasteiger partial charge in [0.2, 0.25) is 0 Å². The normalized spacial score (nSPS) is 27.6. The zero-order chi connectivity index (χ0) is 8.55. The molecule has 0 bridgehead atoms. The van der Waals surface area contributed by atoms with Gasteiger partial charge in [0, 0.05) is 12.1 Å². The molecule has 2 rings (SSSR count). The first-order chi connectivity index (χ1) is 5.79. The van der Waals surface area contributed by atoms with Crippen LogP contribution in [0.25, 0.3) is 0 Å². The number of hydrogen-bond donors (Lipinski definition) is 1. The molecule has 1 saturated heterocycles. The van der Waals surface area contributed by atoms with Crippen LogP contribution in [0.5, 0.6) is 0 Å². The van der Waals surface area contributed by atoms with Crippen molar-refractivity contribution in [2.45, 2.75) is 25.9 Å². The smallest absolute Gasteiger partial charge is 0.0481 e. The van der Waals surface area contributed by atoms with Crippen LogP contribution in [0.2, 0.25) is 0 Å². The fourth-order valence-corrected chi connectivity index (χ4v) is 1.69. The van der Waals surface area contributed by atoms with Crippen molar-refractivity contribution in [1.29, 1.82) is 0 Å². The molecule has 1 aliphatic rings. The quantitative estimate of drug-likeness (QED) is 0.661. The van der Waals surface area contributed by atoms with E-state index in [2.05, 4.69) is 49.5 Å². The van der Waals surface area contributed by atoms with Crippen LogP contribution < -0.4 is 5.32 Å². The van der Waals surface area contributed by atoms with E-state index in [-0.39, 0.29) is 0 Å². The van der Waals surface area contributed by atoms with Crippen molar-refractivity contribution in [3.05, 3.63) is 35.9 Å². The molecule has 1 aliphatic heterocycles. The third kappa shape index (κ3) is 1.37. The third-order valence-electron chi connectivity index (χ3n) is 2.50. The highest BCUT2D eigenvalue weighted by Crippen LogP contribution is 2.33. The molecule has 2 atom stereocenters. The summed E-state index contributed by atoms with van der Waals surface area (Å²) in [4.78, 5) is 0. The van der Waals surface area contributed by atoms with Crippen molar-refractivity contribution >= 4 is 0 Å². The molecule has 1 fully saturated rings. The molecule has 2 unspecified atom stereocenters. The summed E-state index contributed by atoms with van der Waals surface area (Å²) >= 11 is 0. The second kappa shape index (κ2) is 2.91. The van der Waals surface area contributed by atoms with Gasteiger partial charge in [-0.3, -0.25) is 0 Å². The van der Waals surface area contributed by atoms with Crippen molar-refractivity contribution in [3.8, 4) is 0 Å². The van der Waals surface area contributed by atoms with Gasteiger partial charge in [0.25, 0.3) is 0 Å². The van der Waals surface area contributed by atoms with E-state index in [4.69, 9.17) is 0 Å². The van der Waals surface area contributed by atoms with E-state index in [0.29, 0.717) is 12.1 Å². The maximum atomic E-state index is 3.48. The van der Waals surface area contributed by atoms with Gasteiger partial charge in [-0.25, -0.2) is 0 Å². The molecule has 1 heterocycles. The summed E-state index contributed by atoms with van der Waals surface area (Å²) in [6.07, 6.45) is 0. The number of rotatable bonds is 2. The van der Waals surface area contributed by atoms with Gasteiger partial charge in [-0.2, -0.15) is 0 Å². The van der Waals surface area contributed by atoms with Crippen LogP contribution >= 0.6 is 0 Å². The lowest BCUT2D eigenvalue weighted by Gasteiger charge is -1.99. The molecule has 0 aromatic heterocycles. The van der Waals surface area contributed by atoms with E-state index in [9.17, 15) is 0 Å². The van der Waals surface area contributed by atoms with E-state index in [1.807, 2.05) is 0 Å². The molecule has 1 aromatic carbocycles. The molecule has 64 valence electrons. The molecule has 0 spiro atoms. The maximum Gasteiger partial charge on any atom is 0.0481 e. The monoisotopic (exact) mass is 161 g/mol. The van der Waals surface area contributed by atoms with Crippen molar-refractivity contribution in [3.63, 3.8) is 0 Å². The van der Waals surface area contributed by atoms with Crippen molar-refractivity contribution < 1.29 is 0 Å². The Morgan fingerprint density at radius 3 is 2.33 bits per heavy atom. The Balaban J connectivity index is 2.06. The van der Waals surface area contributed by atoms with Crippen molar-refractivity contribution in [1.82, 2.24) is 5.32 Å². The average Bonchev–Trinajstić information content (AvgIpc) is 2.84. The Hall–Kier alpha value is -0.820. The first-order valence-electron chi connectivity index (χ1n) is 4.60. The van der Waals surface area contributed by atoms with Gasteiger partial charge in [0.05, 0.1) is 0 Å². The predicted molar refractivity (Wildman–Crippen MR) is 50.9 cm³/mol. The summed E-state index contributed by atoms with van der Waals surface area (Å²) in [5.41, 5.74) is 1.43. The molecule has 1 N–H and O–H groups in total. The van der Waals surface area contributed by atoms with E-state index in [0.717, 1.165) is 5.92 Å². The second-order valence-electron chi connectivity index (χ2n) is 3.82. The minimum Gasteiger partial charge on any atom is -0.304 e. The fraction of sp³-hybridized carbons (Fsp3) is 0.455. The molecule has 0 radical (unpaired) electrons. The van der Waals surface area contributed by atoms with Gasteiger partial charge >= 0.3 is 0 Å². The van der Waals surface area contributed by atoms with Crippen LogP contribution in [0.4, 0.5) is 0 Å². The topological polar surface area (TPSA) is 21.9 Å². The summed E-state index contributed by atoms with van der Waals surface area (Å²) in [5.74, 6) is 0.746. The maximum absolute atomic E-state index is 3.48. The van der Waals surface area contributed by atoms with Gasteiger partial charge in [-0.05, 0) is 11.5 Å². The molecule has 0 saturated carbocycles.